The highest BCUT2D eigenvalue weighted by Gasteiger charge is 2.18. The van der Waals surface area contributed by atoms with Gasteiger partial charge in [-0.25, -0.2) is 0 Å². The molecule has 0 fully saturated rings. The maximum Gasteiger partial charge on any atom is 0.255 e. The van der Waals surface area contributed by atoms with E-state index in [-0.39, 0.29) is 11.8 Å². The van der Waals surface area contributed by atoms with E-state index in [2.05, 4.69) is 5.32 Å². The molecule has 2 rings (SSSR count). The van der Waals surface area contributed by atoms with E-state index < -0.39 is 0 Å². The fraction of sp³-hybridized carbons (Fsp3) is 0.300. The molecule has 126 valence electrons. The Hall–Kier alpha value is -2.62. The summed E-state index contributed by atoms with van der Waals surface area (Å²) in [5, 5.41) is 2.89. The number of anilines is 1. The van der Waals surface area contributed by atoms with Gasteiger partial charge in [0, 0.05) is 18.7 Å². The molecule has 4 nitrogen and oxygen atoms in total. The number of carbonyl (C=O) groups excluding carboxylic acids is 2. The van der Waals surface area contributed by atoms with E-state index in [1.54, 1.807) is 17.0 Å². The summed E-state index contributed by atoms with van der Waals surface area (Å²) in [6, 6.07) is 12.9. The number of rotatable bonds is 5. The van der Waals surface area contributed by atoms with Gasteiger partial charge in [-0.2, -0.15) is 0 Å². The van der Waals surface area contributed by atoms with Gasteiger partial charge in [-0.1, -0.05) is 29.8 Å². The van der Waals surface area contributed by atoms with Crippen LogP contribution in [0.2, 0.25) is 0 Å². The van der Waals surface area contributed by atoms with Crippen molar-refractivity contribution in [2.45, 2.75) is 27.7 Å². The second kappa shape index (κ2) is 7.77. The van der Waals surface area contributed by atoms with Gasteiger partial charge >= 0.3 is 0 Å². The summed E-state index contributed by atoms with van der Waals surface area (Å²) >= 11 is 0. The maximum absolute atomic E-state index is 12.6. The minimum absolute atomic E-state index is 0.0723. The zero-order valence-corrected chi connectivity index (χ0v) is 14.7. The molecule has 4 heteroatoms. The predicted molar refractivity (Wildman–Crippen MR) is 97.6 cm³/mol. The fourth-order valence-electron chi connectivity index (χ4n) is 2.63. The molecule has 2 aromatic rings. The quantitative estimate of drug-likeness (QED) is 0.902. The van der Waals surface area contributed by atoms with Crippen LogP contribution in [0.1, 0.15) is 45.7 Å². The van der Waals surface area contributed by atoms with Crippen LogP contribution in [0.5, 0.6) is 0 Å². The van der Waals surface area contributed by atoms with Crippen LogP contribution in [0.15, 0.2) is 42.5 Å². The van der Waals surface area contributed by atoms with E-state index in [0.29, 0.717) is 29.9 Å². The van der Waals surface area contributed by atoms with E-state index in [1.807, 2.05) is 58.0 Å². The largest absolute Gasteiger partial charge is 0.339 e. The van der Waals surface area contributed by atoms with E-state index in [1.165, 1.54) is 0 Å². The molecular formula is C20H24N2O2. The number of amides is 2. The Bertz CT molecular complexity index is 749. The molecule has 0 saturated heterocycles. The molecule has 0 spiro atoms. The molecule has 0 radical (unpaired) electrons. The Morgan fingerprint density at radius 2 is 1.62 bits per heavy atom. The van der Waals surface area contributed by atoms with Crippen LogP contribution in [0.4, 0.5) is 5.69 Å². The highest BCUT2D eigenvalue weighted by Crippen LogP contribution is 2.20. The summed E-state index contributed by atoms with van der Waals surface area (Å²) in [7, 11) is 0. The van der Waals surface area contributed by atoms with Crippen molar-refractivity contribution in [2.24, 2.45) is 0 Å². The Labute approximate surface area is 143 Å². The highest BCUT2D eigenvalue weighted by molar-refractivity contribution is 6.09. The third-order valence-corrected chi connectivity index (χ3v) is 4.09. The number of aryl methyl sites for hydroxylation is 2. The second-order valence-electron chi connectivity index (χ2n) is 5.80. The summed E-state index contributed by atoms with van der Waals surface area (Å²) in [6.07, 6.45) is 0. The van der Waals surface area contributed by atoms with Gasteiger partial charge in [0.1, 0.15) is 0 Å². The molecule has 2 amide bonds. The summed E-state index contributed by atoms with van der Waals surface area (Å²) in [4.78, 5) is 27.0. The van der Waals surface area contributed by atoms with E-state index in [0.717, 1.165) is 11.1 Å². The lowest BCUT2D eigenvalue weighted by atomic mass is 10.0. The molecule has 0 aliphatic carbocycles. The van der Waals surface area contributed by atoms with Crippen LogP contribution in [0.25, 0.3) is 0 Å². The minimum atomic E-state index is -0.198. The van der Waals surface area contributed by atoms with E-state index in [9.17, 15) is 9.59 Å². The standard InChI is InChI=1S/C20H24N2O2/c1-5-22(6-2)20(24)16-9-7-8-10-18(16)21-19(23)17-13-14(3)11-12-15(17)4/h7-13H,5-6H2,1-4H3,(H,21,23). The van der Waals surface area contributed by atoms with Crippen molar-refractivity contribution in [3.05, 3.63) is 64.7 Å². The Morgan fingerprint density at radius 3 is 2.29 bits per heavy atom. The van der Waals surface area contributed by atoms with E-state index in [4.69, 9.17) is 0 Å². The Balaban J connectivity index is 2.32. The van der Waals surface area contributed by atoms with Crippen LogP contribution in [0.3, 0.4) is 0 Å². The molecule has 2 aromatic carbocycles. The van der Waals surface area contributed by atoms with Crippen LogP contribution in [-0.2, 0) is 0 Å². The highest BCUT2D eigenvalue weighted by atomic mass is 16.2. The van der Waals surface area contributed by atoms with Crippen molar-refractivity contribution in [1.29, 1.82) is 0 Å². The van der Waals surface area contributed by atoms with Gasteiger partial charge in [-0.3, -0.25) is 9.59 Å². The zero-order chi connectivity index (χ0) is 17.7. The number of para-hydroxylation sites is 1. The third-order valence-electron chi connectivity index (χ3n) is 4.09. The van der Waals surface area contributed by atoms with Gasteiger partial charge in [-0.15, -0.1) is 0 Å². The SMILES string of the molecule is CCN(CC)C(=O)c1ccccc1NC(=O)c1cc(C)ccc1C. The van der Waals surface area contributed by atoms with Gasteiger partial charge in [0.15, 0.2) is 0 Å². The predicted octanol–water partition coefficient (Wildman–Crippen LogP) is 4.04. The number of carbonyl (C=O) groups is 2. The summed E-state index contributed by atoms with van der Waals surface area (Å²) < 4.78 is 0. The molecule has 1 N–H and O–H groups in total. The third kappa shape index (κ3) is 3.82. The normalized spacial score (nSPS) is 10.3. The molecule has 0 saturated carbocycles. The molecule has 0 aromatic heterocycles. The molecule has 0 bridgehead atoms. The molecular weight excluding hydrogens is 300 g/mol. The van der Waals surface area contributed by atoms with Crippen molar-refractivity contribution in [1.82, 2.24) is 4.90 Å². The topological polar surface area (TPSA) is 49.4 Å². The molecule has 0 unspecified atom stereocenters. The van der Waals surface area contributed by atoms with Crippen LogP contribution >= 0.6 is 0 Å². The number of hydrogen-bond acceptors (Lipinski definition) is 2. The molecule has 0 heterocycles. The lowest BCUT2D eigenvalue weighted by Gasteiger charge is -2.20. The smallest absolute Gasteiger partial charge is 0.255 e. The van der Waals surface area contributed by atoms with Gasteiger partial charge in [-0.05, 0) is 51.5 Å². The molecule has 24 heavy (non-hydrogen) atoms. The van der Waals surface area contributed by atoms with Gasteiger partial charge < -0.3 is 10.2 Å². The monoisotopic (exact) mass is 324 g/mol. The van der Waals surface area contributed by atoms with E-state index >= 15 is 0 Å². The number of hydrogen-bond donors (Lipinski definition) is 1. The van der Waals surface area contributed by atoms with Crippen LogP contribution < -0.4 is 5.32 Å². The van der Waals surface area contributed by atoms with Gasteiger partial charge in [0.2, 0.25) is 0 Å². The summed E-state index contributed by atoms with van der Waals surface area (Å²) in [6.45, 7) is 9.01. The first-order chi connectivity index (χ1) is 11.5. The van der Waals surface area contributed by atoms with Crippen molar-refractivity contribution >= 4 is 17.5 Å². The Morgan fingerprint density at radius 1 is 0.958 bits per heavy atom. The first kappa shape index (κ1) is 17.7. The Kier molecular flexibility index (Phi) is 5.74. The lowest BCUT2D eigenvalue weighted by molar-refractivity contribution is 0.0774. The molecule has 0 aliphatic rings. The molecule has 0 atom stereocenters. The van der Waals surface area contributed by atoms with Crippen molar-refractivity contribution in [3.63, 3.8) is 0 Å². The minimum Gasteiger partial charge on any atom is -0.339 e. The van der Waals surface area contributed by atoms with Crippen LogP contribution in [0, 0.1) is 13.8 Å². The number of benzene rings is 2. The average molecular weight is 324 g/mol. The zero-order valence-electron chi connectivity index (χ0n) is 14.7. The number of nitrogens with zero attached hydrogens (tertiary/aromatic N) is 1. The fourth-order valence-corrected chi connectivity index (χ4v) is 2.63. The molecule has 0 aliphatic heterocycles. The first-order valence-electron chi connectivity index (χ1n) is 8.24. The summed E-state index contributed by atoms with van der Waals surface area (Å²) in [5.74, 6) is -0.270. The second-order valence-corrected chi connectivity index (χ2v) is 5.80. The van der Waals surface area contributed by atoms with Crippen LogP contribution in [-0.4, -0.2) is 29.8 Å². The lowest BCUT2D eigenvalue weighted by Crippen LogP contribution is -2.31. The number of nitrogens with one attached hydrogen (secondary N) is 1. The first-order valence-corrected chi connectivity index (χ1v) is 8.24. The summed E-state index contributed by atoms with van der Waals surface area (Å²) in [5.41, 5.74) is 3.61. The van der Waals surface area contributed by atoms with Crippen molar-refractivity contribution in [3.8, 4) is 0 Å². The van der Waals surface area contributed by atoms with Crippen molar-refractivity contribution < 1.29 is 9.59 Å². The van der Waals surface area contributed by atoms with Gasteiger partial charge in [0.25, 0.3) is 11.8 Å². The van der Waals surface area contributed by atoms with Gasteiger partial charge in [0.05, 0.1) is 11.3 Å². The van der Waals surface area contributed by atoms with Crippen molar-refractivity contribution in [2.75, 3.05) is 18.4 Å². The average Bonchev–Trinajstić information content (AvgIpc) is 2.58. The maximum atomic E-state index is 12.6.